The Morgan fingerprint density at radius 3 is 2.84 bits per heavy atom. The summed E-state index contributed by atoms with van der Waals surface area (Å²) in [5, 5.41) is 2.84. The fourth-order valence-corrected chi connectivity index (χ4v) is 1.76. The van der Waals surface area contributed by atoms with Gasteiger partial charge in [-0.15, -0.1) is 0 Å². The first-order valence-corrected chi connectivity index (χ1v) is 6.28. The number of anilines is 1. The molecule has 0 radical (unpaired) electrons. The Hall–Kier alpha value is -1.76. The highest BCUT2D eigenvalue weighted by Gasteiger charge is 2.11. The Kier molecular flexibility index (Phi) is 4.26. The predicted molar refractivity (Wildman–Crippen MR) is 70.3 cm³/mol. The van der Waals surface area contributed by atoms with Crippen molar-refractivity contribution in [3.05, 3.63) is 40.5 Å². The Labute approximate surface area is 117 Å². The summed E-state index contributed by atoms with van der Waals surface area (Å²) in [6, 6.07) is 3.82. The van der Waals surface area contributed by atoms with E-state index in [-0.39, 0.29) is 17.6 Å². The summed E-state index contributed by atoms with van der Waals surface area (Å²) >= 11 is 3.13. The van der Waals surface area contributed by atoms with Crippen LogP contribution in [0.15, 0.2) is 28.9 Å². The minimum Gasteiger partial charge on any atom is -0.435 e. The lowest BCUT2D eigenvalue weighted by Gasteiger charge is -2.09. The number of rotatable bonds is 4. The van der Waals surface area contributed by atoms with Crippen LogP contribution in [0.25, 0.3) is 0 Å². The molecule has 1 aromatic heterocycles. The Morgan fingerprint density at radius 1 is 1.37 bits per heavy atom. The predicted octanol–water partition coefficient (Wildman–Crippen LogP) is 3.74. The molecule has 7 heteroatoms. The molecule has 2 rings (SSSR count). The first-order chi connectivity index (χ1) is 9.10. The third kappa shape index (κ3) is 3.37. The molecule has 0 unspecified atom stereocenters. The van der Waals surface area contributed by atoms with E-state index < -0.39 is 11.6 Å². The van der Waals surface area contributed by atoms with Crippen molar-refractivity contribution in [2.75, 3.05) is 11.9 Å². The quantitative estimate of drug-likeness (QED) is 0.928. The van der Waals surface area contributed by atoms with E-state index in [1.54, 1.807) is 0 Å². The Morgan fingerprint density at radius 2 is 2.16 bits per heavy atom. The number of hydrogen-bond acceptors (Lipinski definition) is 4. The molecule has 0 atom stereocenters. The van der Waals surface area contributed by atoms with Gasteiger partial charge in [0.2, 0.25) is 11.8 Å². The highest BCUT2D eigenvalue weighted by atomic mass is 79.9. The first kappa shape index (κ1) is 13.7. The van der Waals surface area contributed by atoms with Gasteiger partial charge in [0.05, 0.1) is 10.7 Å². The normalized spacial score (nSPS) is 10.3. The van der Waals surface area contributed by atoms with E-state index in [1.165, 1.54) is 18.2 Å². The van der Waals surface area contributed by atoms with Crippen LogP contribution in [-0.4, -0.2) is 16.5 Å². The van der Waals surface area contributed by atoms with Gasteiger partial charge in [-0.05, 0) is 41.1 Å². The molecule has 1 aromatic carbocycles. The maximum atomic E-state index is 13.5. The second kappa shape index (κ2) is 5.92. The van der Waals surface area contributed by atoms with E-state index >= 15 is 0 Å². The van der Waals surface area contributed by atoms with Crippen molar-refractivity contribution < 1.29 is 13.5 Å². The number of benzene rings is 1. The second-order valence-electron chi connectivity index (χ2n) is 3.55. The zero-order valence-electron chi connectivity index (χ0n) is 9.95. The molecule has 0 spiro atoms. The van der Waals surface area contributed by atoms with Crippen LogP contribution in [0.2, 0.25) is 0 Å². The molecule has 0 bridgehead atoms. The maximum Gasteiger partial charge on any atom is 0.260 e. The summed E-state index contributed by atoms with van der Waals surface area (Å²) in [4.78, 5) is 7.64. The molecule has 100 valence electrons. The van der Waals surface area contributed by atoms with E-state index in [2.05, 4.69) is 31.2 Å². The lowest BCUT2D eigenvalue weighted by molar-refractivity contribution is 0.417. The summed E-state index contributed by atoms with van der Waals surface area (Å²) in [5.41, 5.74) is 0. The van der Waals surface area contributed by atoms with Crippen molar-refractivity contribution in [3.8, 4) is 11.6 Å². The highest BCUT2D eigenvalue weighted by Crippen LogP contribution is 2.30. The molecule has 0 fully saturated rings. The van der Waals surface area contributed by atoms with Crippen molar-refractivity contribution in [2.45, 2.75) is 6.92 Å². The number of nitrogens with zero attached hydrogens (tertiary/aromatic N) is 2. The molecule has 4 nitrogen and oxygen atoms in total. The molecule has 1 heterocycles. The fourth-order valence-electron chi connectivity index (χ4n) is 1.33. The standard InChI is InChI=1S/C12H10BrF2N3O/c1-2-16-12-17-6-9(15)11(18-12)19-10-4-3-7(14)5-8(10)13/h3-6H,2H2,1H3,(H,16,17,18). The van der Waals surface area contributed by atoms with Crippen molar-refractivity contribution in [3.63, 3.8) is 0 Å². The van der Waals surface area contributed by atoms with Crippen LogP contribution in [0, 0.1) is 11.6 Å². The van der Waals surface area contributed by atoms with Crippen LogP contribution in [0.1, 0.15) is 6.92 Å². The molecule has 0 aliphatic rings. The molecule has 0 saturated carbocycles. The van der Waals surface area contributed by atoms with Crippen LogP contribution in [0.3, 0.4) is 0 Å². The minimum atomic E-state index is -0.696. The molecular formula is C12H10BrF2N3O. The molecule has 0 saturated heterocycles. The smallest absolute Gasteiger partial charge is 0.260 e. The van der Waals surface area contributed by atoms with E-state index in [1.807, 2.05) is 6.92 Å². The lowest BCUT2D eigenvalue weighted by atomic mass is 10.3. The SMILES string of the molecule is CCNc1ncc(F)c(Oc2ccc(F)cc2Br)n1. The Balaban J connectivity index is 2.29. The van der Waals surface area contributed by atoms with Crippen LogP contribution in [-0.2, 0) is 0 Å². The van der Waals surface area contributed by atoms with E-state index in [0.29, 0.717) is 11.0 Å². The van der Waals surface area contributed by atoms with Gasteiger partial charge >= 0.3 is 0 Å². The molecule has 0 aliphatic carbocycles. The van der Waals surface area contributed by atoms with Crippen molar-refractivity contribution in [1.29, 1.82) is 0 Å². The number of aromatic nitrogens is 2. The van der Waals surface area contributed by atoms with Gasteiger partial charge in [-0.1, -0.05) is 0 Å². The topological polar surface area (TPSA) is 47.0 Å². The summed E-state index contributed by atoms with van der Waals surface area (Å²) in [6.07, 6.45) is 1.01. The van der Waals surface area contributed by atoms with Crippen LogP contribution < -0.4 is 10.1 Å². The third-order valence-corrected chi connectivity index (χ3v) is 2.77. The Bertz CT molecular complexity index is 595. The van der Waals surface area contributed by atoms with Crippen molar-refractivity contribution in [2.24, 2.45) is 0 Å². The molecule has 19 heavy (non-hydrogen) atoms. The molecular weight excluding hydrogens is 320 g/mol. The fraction of sp³-hybridized carbons (Fsp3) is 0.167. The lowest BCUT2D eigenvalue weighted by Crippen LogP contribution is -2.04. The highest BCUT2D eigenvalue weighted by molar-refractivity contribution is 9.10. The summed E-state index contributed by atoms with van der Waals surface area (Å²) < 4.78 is 32.1. The number of ether oxygens (including phenoxy) is 1. The summed E-state index contributed by atoms with van der Waals surface area (Å²) in [6.45, 7) is 2.47. The van der Waals surface area contributed by atoms with Gasteiger partial charge in [-0.25, -0.2) is 9.37 Å². The van der Waals surface area contributed by atoms with Gasteiger partial charge in [0, 0.05) is 6.54 Å². The molecule has 2 aromatic rings. The van der Waals surface area contributed by atoms with Crippen molar-refractivity contribution >= 4 is 21.9 Å². The zero-order valence-corrected chi connectivity index (χ0v) is 11.5. The second-order valence-corrected chi connectivity index (χ2v) is 4.41. The average Bonchev–Trinajstić information content (AvgIpc) is 2.37. The van der Waals surface area contributed by atoms with E-state index in [0.717, 1.165) is 6.20 Å². The molecule has 0 aliphatic heterocycles. The molecule has 1 N–H and O–H groups in total. The van der Waals surface area contributed by atoms with Gasteiger partial charge in [0.1, 0.15) is 11.6 Å². The van der Waals surface area contributed by atoms with E-state index in [9.17, 15) is 8.78 Å². The third-order valence-electron chi connectivity index (χ3n) is 2.15. The van der Waals surface area contributed by atoms with Gasteiger partial charge < -0.3 is 10.1 Å². The monoisotopic (exact) mass is 329 g/mol. The average molecular weight is 330 g/mol. The maximum absolute atomic E-state index is 13.5. The summed E-state index contributed by atoms with van der Waals surface area (Å²) in [5.74, 6) is -0.814. The largest absolute Gasteiger partial charge is 0.435 e. The van der Waals surface area contributed by atoms with Crippen LogP contribution in [0.5, 0.6) is 11.6 Å². The number of nitrogens with one attached hydrogen (secondary N) is 1. The first-order valence-electron chi connectivity index (χ1n) is 5.49. The number of hydrogen-bond donors (Lipinski definition) is 1. The minimum absolute atomic E-state index is 0.224. The van der Waals surface area contributed by atoms with Crippen LogP contribution >= 0.6 is 15.9 Å². The van der Waals surface area contributed by atoms with Gasteiger partial charge in [0.25, 0.3) is 5.88 Å². The van der Waals surface area contributed by atoms with Gasteiger partial charge in [-0.3, -0.25) is 0 Å². The molecule has 0 amide bonds. The van der Waals surface area contributed by atoms with Gasteiger partial charge in [-0.2, -0.15) is 9.37 Å². The zero-order chi connectivity index (χ0) is 13.8. The van der Waals surface area contributed by atoms with Crippen LogP contribution in [0.4, 0.5) is 14.7 Å². The number of halogens is 3. The van der Waals surface area contributed by atoms with Gasteiger partial charge in [0.15, 0.2) is 0 Å². The van der Waals surface area contributed by atoms with Crippen molar-refractivity contribution in [1.82, 2.24) is 9.97 Å². The summed E-state index contributed by atoms with van der Waals surface area (Å²) in [7, 11) is 0. The van der Waals surface area contributed by atoms with E-state index in [4.69, 9.17) is 4.74 Å².